The minimum Gasteiger partial charge on any atom is -0.384 e. The van der Waals surface area contributed by atoms with E-state index in [-0.39, 0.29) is 0 Å². The van der Waals surface area contributed by atoms with Crippen molar-refractivity contribution in [3.05, 3.63) is 41.4 Å². The molecule has 1 N–H and O–H groups in total. The number of hydrogen-bond donors (Lipinski definition) is 1. The Morgan fingerprint density at radius 2 is 1.87 bits per heavy atom. The van der Waals surface area contributed by atoms with E-state index < -0.39 is 0 Å². The molecular weight excluding hydrogens is 396 g/mol. The molecule has 0 spiro atoms. The van der Waals surface area contributed by atoms with E-state index in [1.54, 1.807) is 6.20 Å². The molecule has 2 fully saturated rings. The van der Waals surface area contributed by atoms with Crippen LogP contribution in [0, 0.1) is 11.8 Å². The topological polar surface area (TPSA) is 50.3 Å². The smallest absolute Gasteiger partial charge is 0.0668 e. The van der Waals surface area contributed by atoms with Crippen molar-refractivity contribution in [3.63, 3.8) is 0 Å². The average molecular weight is 429 g/mol. The number of nitrogens with zero attached hydrogens (tertiary/aromatic N) is 3. The summed E-state index contributed by atoms with van der Waals surface area (Å²) in [5, 5.41) is 4.23. The largest absolute Gasteiger partial charge is 0.384 e. The van der Waals surface area contributed by atoms with Crippen LogP contribution >= 0.6 is 11.6 Å². The van der Waals surface area contributed by atoms with Crippen LogP contribution in [-0.4, -0.2) is 54.8 Å². The van der Waals surface area contributed by atoms with Crippen molar-refractivity contribution in [3.8, 4) is 11.1 Å². The number of nitrogens with one attached hydrogen (secondary N) is 1. The molecule has 2 aliphatic rings. The van der Waals surface area contributed by atoms with Gasteiger partial charge >= 0.3 is 0 Å². The van der Waals surface area contributed by atoms with E-state index in [1.165, 1.54) is 32.4 Å². The van der Waals surface area contributed by atoms with Crippen LogP contribution in [0.3, 0.4) is 0 Å². The first-order chi connectivity index (χ1) is 14.7. The molecule has 2 aromatic heterocycles. The van der Waals surface area contributed by atoms with E-state index in [0.717, 1.165) is 67.4 Å². The molecule has 2 aliphatic heterocycles. The van der Waals surface area contributed by atoms with E-state index in [2.05, 4.69) is 39.4 Å². The second-order valence-corrected chi connectivity index (χ2v) is 9.25. The molecule has 0 unspecified atom stereocenters. The van der Waals surface area contributed by atoms with Gasteiger partial charge in [0.05, 0.1) is 10.7 Å². The summed E-state index contributed by atoms with van der Waals surface area (Å²) < 4.78 is 5.45. The highest BCUT2D eigenvalue weighted by Gasteiger charge is 2.17. The van der Waals surface area contributed by atoms with Gasteiger partial charge in [0.1, 0.15) is 0 Å². The number of hydrogen-bond acceptors (Lipinski definition) is 5. The number of ether oxygens (including phenoxy) is 1. The van der Waals surface area contributed by atoms with E-state index >= 15 is 0 Å². The Morgan fingerprint density at radius 1 is 1.07 bits per heavy atom. The third-order valence-electron chi connectivity index (χ3n) is 6.54. The Labute approximate surface area is 185 Å². The average Bonchev–Trinajstić information content (AvgIpc) is 2.79. The van der Waals surface area contributed by atoms with Crippen molar-refractivity contribution >= 4 is 17.3 Å². The van der Waals surface area contributed by atoms with Gasteiger partial charge in [0, 0.05) is 55.2 Å². The number of aromatic nitrogens is 2. The SMILES string of the molecule is CN1CCC(CCc2cc(-c3cncc(NCC4CCOCC4)c3)c(Cl)cn2)CC1. The van der Waals surface area contributed by atoms with Gasteiger partial charge in [-0.2, -0.15) is 0 Å². The normalized spacial score (nSPS) is 19.1. The summed E-state index contributed by atoms with van der Waals surface area (Å²) in [6.45, 7) is 5.13. The van der Waals surface area contributed by atoms with Crippen LogP contribution in [-0.2, 0) is 11.2 Å². The Hall–Kier alpha value is -1.69. The third kappa shape index (κ3) is 5.93. The first-order valence-corrected chi connectivity index (χ1v) is 11.6. The quantitative estimate of drug-likeness (QED) is 0.678. The third-order valence-corrected chi connectivity index (χ3v) is 6.85. The first kappa shape index (κ1) is 21.5. The number of aryl methyl sites for hydroxylation is 1. The summed E-state index contributed by atoms with van der Waals surface area (Å²) >= 11 is 6.52. The van der Waals surface area contributed by atoms with Crippen LogP contribution in [0.25, 0.3) is 11.1 Å². The standard InChI is InChI=1S/C24H33ClN4O/c1-29-8-4-18(5-9-29)2-3-21-13-23(24(25)17-28-21)20-12-22(16-26-15-20)27-14-19-6-10-30-11-7-19/h12-13,15-19,27H,2-11,14H2,1H3. The van der Waals surface area contributed by atoms with Crippen molar-refractivity contribution in [2.75, 3.05) is 45.2 Å². The molecule has 0 aromatic carbocycles. The monoisotopic (exact) mass is 428 g/mol. The van der Waals surface area contributed by atoms with E-state index in [0.29, 0.717) is 10.9 Å². The van der Waals surface area contributed by atoms with Gasteiger partial charge in [-0.1, -0.05) is 11.6 Å². The maximum absolute atomic E-state index is 6.52. The minimum atomic E-state index is 0.665. The summed E-state index contributed by atoms with van der Waals surface area (Å²) in [6.07, 6.45) is 12.6. The minimum absolute atomic E-state index is 0.665. The molecule has 0 radical (unpaired) electrons. The molecule has 4 heterocycles. The number of anilines is 1. The van der Waals surface area contributed by atoms with Gasteiger partial charge in [0.2, 0.25) is 0 Å². The van der Waals surface area contributed by atoms with Crippen LogP contribution in [0.15, 0.2) is 30.7 Å². The fourth-order valence-corrected chi connectivity index (χ4v) is 4.65. The van der Waals surface area contributed by atoms with E-state index in [4.69, 9.17) is 16.3 Å². The summed E-state index contributed by atoms with van der Waals surface area (Å²) in [5.74, 6) is 1.47. The van der Waals surface area contributed by atoms with Gasteiger partial charge in [0.25, 0.3) is 0 Å². The molecule has 0 bridgehead atoms. The van der Waals surface area contributed by atoms with Gasteiger partial charge in [-0.05, 0) is 82.6 Å². The molecule has 0 atom stereocenters. The summed E-state index contributed by atoms with van der Waals surface area (Å²) in [5.41, 5.74) is 4.22. The second-order valence-electron chi connectivity index (χ2n) is 8.84. The zero-order valence-electron chi connectivity index (χ0n) is 17.9. The van der Waals surface area contributed by atoms with Gasteiger partial charge in [-0.15, -0.1) is 0 Å². The Bertz CT molecular complexity index is 817. The van der Waals surface area contributed by atoms with Crippen LogP contribution in [0.1, 0.15) is 37.8 Å². The number of pyridine rings is 2. The van der Waals surface area contributed by atoms with Crippen molar-refractivity contribution < 1.29 is 4.74 Å². The van der Waals surface area contributed by atoms with E-state index in [9.17, 15) is 0 Å². The maximum Gasteiger partial charge on any atom is 0.0668 e. The molecule has 5 nitrogen and oxygen atoms in total. The molecule has 4 rings (SSSR count). The van der Waals surface area contributed by atoms with Crippen LogP contribution in [0.5, 0.6) is 0 Å². The van der Waals surface area contributed by atoms with Crippen molar-refractivity contribution in [1.29, 1.82) is 0 Å². The maximum atomic E-state index is 6.52. The van der Waals surface area contributed by atoms with Gasteiger partial charge in [-0.25, -0.2) is 0 Å². The number of rotatable bonds is 7. The summed E-state index contributed by atoms with van der Waals surface area (Å²) in [6, 6.07) is 4.30. The van der Waals surface area contributed by atoms with Crippen molar-refractivity contribution in [1.82, 2.24) is 14.9 Å². The van der Waals surface area contributed by atoms with E-state index in [1.807, 2.05) is 12.4 Å². The van der Waals surface area contributed by atoms with Gasteiger partial charge in [-0.3, -0.25) is 9.97 Å². The summed E-state index contributed by atoms with van der Waals surface area (Å²) in [4.78, 5) is 11.5. The molecule has 2 aromatic rings. The highest BCUT2D eigenvalue weighted by molar-refractivity contribution is 6.33. The fourth-order valence-electron chi connectivity index (χ4n) is 4.44. The molecule has 0 saturated carbocycles. The Balaban J connectivity index is 1.39. The lowest BCUT2D eigenvalue weighted by molar-refractivity contribution is 0.0699. The Kier molecular flexibility index (Phi) is 7.58. The lowest BCUT2D eigenvalue weighted by atomic mass is 9.91. The van der Waals surface area contributed by atoms with Crippen LogP contribution in [0.2, 0.25) is 5.02 Å². The summed E-state index contributed by atoms with van der Waals surface area (Å²) in [7, 11) is 2.21. The number of piperidine rings is 1. The molecule has 30 heavy (non-hydrogen) atoms. The van der Waals surface area contributed by atoms with Crippen LogP contribution in [0.4, 0.5) is 5.69 Å². The molecule has 0 amide bonds. The highest BCUT2D eigenvalue weighted by atomic mass is 35.5. The molecular formula is C24H33ClN4O. The lowest BCUT2D eigenvalue weighted by Gasteiger charge is -2.28. The molecule has 6 heteroatoms. The molecule has 0 aliphatic carbocycles. The zero-order chi connectivity index (χ0) is 20.8. The molecule has 162 valence electrons. The first-order valence-electron chi connectivity index (χ1n) is 11.3. The predicted molar refractivity (Wildman–Crippen MR) is 123 cm³/mol. The van der Waals surface area contributed by atoms with Gasteiger partial charge < -0.3 is 15.0 Å². The van der Waals surface area contributed by atoms with Crippen molar-refractivity contribution in [2.45, 2.75) is 38.5 Å². The second kappa shape index (κ2) is 10.6. The molecule has 2 saturated heterocycles. The fraction of sp³-hybridized carbons (Fsp3) is 0.583. The highest BCUT2D eigenvalue weighted by Crippen LogP contribution is 2.30. The van der Waals surface area contributed by atoms with Gasteiger partial charge in [0.15, 0.2) is 0 Å². The predicted octanol–water partition coefficient (Wildman–Crippen LogP) is 4.91. The lowest BCUT2D eigenvalue weighted by Crippen LogP contribution is -2.30. The van der Waals surface area contributed by atoms with Crippen LogP contribution < -0.4 is 5.32 Å². The Morgan fingerprint density at radius 3 is 2.67 bits per heavy atom. The van der Waals surface area contributed by atoms with Crippen molar-refractivity contribution in [2.24, 2.45) is 11.8 Å². The number of halogens is 1. The zero-order valence-corrected chi connectivity index (χ0v) is 18.7. The number of likely N-dealkylation sites (tertiary alicyclic amines) is 1.